The first-order chi connectivity index (χ1) is 23.6. The number of imide groups is 1. The summed E-state index contributed by atoms with van der Waals surface area (Å²) >= 11 is 0. The number of fused-ring (bicyclic) bond motifs is 2. The van der Waals surface area contributed by atoms with Gasteiger partial charge < -0.3 is 15.1 Å². The zero-order valence-electron chi connectivity index (χ0n) is 27.8. The van der Waals surface area contributed by atoms with Gasteiger partial charge in [0, 0.05) is 67.0 Å². The minimum atomic E-state index is -2.69. The topological polar surface area (TPSA) is 123 Å². The second-order valence-corrected chi connectivity index (χ2v) is 15.0. The fourth-order valence-corrected chi connectivity index (χ4v) is 8.79. The first kappa shape index (κ1) is 32.0. The van der Waals surface area contributed by atoms with Gasteiger partial charge in [-0.25, -0.2) is 13.8 Å². The predicted molar refractivity (Wildman–Crippen MR) is 180 cm³/mol. The molecule has 3 atom stereocenters. The third-order valence-electron chi connectivity index (χ3n) is 12.1. The molecule has 3 amide bonds. The van der Waals surface area contributed by atoms with Gasteiger partial charge >= 0.3 is 0 Å². The number of aromatic nitrogens is 3. The molecule has 12 heteroatoms. The van der Waals surface area contributed by atoms with E-state index in [0.29, 0.717) is 41.6 Å². The molecule has 3 N–H and O–H groups in total. The van der Waals surface area contributed by atoms with Crippen LogP contribution in [0.4, 0.5) is 20.3 Å². The van der Waals surface area contributed by atoms with Crippen LogP contribution in [0.15, 0.2) is 42.6 Å². The van der Waals surface area contributed by atoms with Gasteiger partial charge in [0.15, 0.2) is 5.69 Å². The van der Waals surface area contributed by atoms with Gasteiger partial charge in [-0.3, -0.25) is 24.8 Å². The normalized spacial score (nSPS) is 27.3. The van der Waals surface area contributed by atoms with Gasteiger partial charge in [-0.2, -0.15) is 5.10 Å². The number of halogens is 2. The fraction of sp³-hybridized carbons (Fsp3) is 0.541. The number of nitrogens with zero attached hydrogens (tertiary/aromatic N) is 4. The fourth-order valence-electron chi connectivity index (χ4n) is 8.79. The van der Waals surface area contributed by atoms with Crippen molar-refractivity contribution in [2.75, 3.05) is 42.9 Å². The summed E-state index contributed by atoms with van der Waals surface area (Å²) in [4.78, 5) is 46.3. The van der Waals surface area contributed by atoms with Crippen molar-refractivity contribution in [1.82, 2.24) is 25.4 Å². The monoisotopic (exact) mass is 671 g/mol. The standard InChI is InChI=1S/C37H43F2N7O3/c1-36-19-29-28(18-30(36)37(36,38)39)33(44-43-29)35(49)41-26-5-2-23(3-6-26)24-12-14-45(15-13-24)21-22-10-16-46(17-11-22)31-8-4-25(20-40-31)27-7-9-32(47)42-34(27)48/h2-6,8,20,22,24,27,30H,7,9-19,21H2,1H3,(H,41,49)(H,43,44)(H,42,47,48)/t27?,30-,36+/m0/s1. The van der Waals surface area contributed by atoms with E-state index in [4.69, 9.17) is 0 Å². The Morgan fingerprint density at radius 2 is 1.71 bits per heavy atom. The summed E-state index contributed by atoms with van der Waals surface area (Å²) in [5.74, 6) is -2.45. The summed E-state index contributed by atoms with van der Waals surface area (Å²) in [6.45, 7) is 6.79. The number of pyridine rings is 1. The van der Waals surface area contributed by atoms with Gasteiger partial charge in [0.25, 0.3) is 11.8 Å². The molecule has 3 aliphatic heterocycles. The molecule has 0 bridgehead atoms. The van der Waals surface area contributed by atoms with Crippen LogP contribution >= 0.6 is 0 Å². The molecule has 5 aliphatic rings. The zero-order valence-corrected chi connectivity index (χ0v) is 27.8. The zero-order chi connectivity index (χ0) is 33.9. The van der Waals surface area contributed by atoms with E-state index >= 15 is 0 Å². The number of alkyl halides is 2. The van der Waals surface area contributed by atoms with Gasteiger partial charge in [0.2, 0.25) is 11.8 Å². The highest BCUT2D eigenvalue weighted by Crippen LogP contribution is 2.70. The van der Waals surface area contributed by atoms with Crippen molar-refractivity contribution in [3.63, 3.8) is 0 Å². The molecule has 2 aliphatic carbocycles. The lowest BCUT2D eigenvalue weighted by Crippen LogP contribution is -2.41. The predicted octanol–water partition coefficient (Wildman–Crippen LogP) is 5.04. The molecule has 3 saturated heterocycles. The van der Waals surface area contributed by atoms with Crippen LogP contribution in [-0.4, -0.2) is 76.4 Å². The maximum Gasteiger partial charge on any atom is 0.276 e. The first-order valence-corrected chi connectivity index (χ1v) is 17.7. The van der Waals surface area contributed by atoms with Crippen LogP contribution in [0, 0.1) is 17.3 Å². The summed E-state index contributed by atoms with van der Waals surface area (Å²) in [5, 5.41) is 12.4. The molecular formula is C37H43F2N7O3. The molecule has 3 aromatic rings. The Bertz CT molecular complexity index is 1740. The number of nitrogens with one attached hydrogen (secondary N) is 3. The molecule has 5 heterocycles. The van der Waals surface area contributed by atoms with E-state index in [1.807, 2.05) is 24.3 Å². The number of rotatable bonds is 7. The van der Waals surface area contributed by atoms with Crippen LogP contribution in [0.3, 0.4) is 0 Å². The van der Waals surface area contributed by atoms with Gasteiger partial charge in [0.1, 0.15) is 5.82 Å². The van der Waals surface area contributed by atoms with Crippen molar-refractivity contribution in [3.05, 3.63) is 70.7 Å². The van der Waals surface area contributed by atoms with E-state index in [-0.39, 0.29) is 42.2 Å². The molecule has 1 unspecified atom stereocenters. The average molecular weight is 672 g/mol. The van der Waals surface area contributed by atoms with Crippen molar-refractivity contribution < 1.29 is 23.2 Å². The highest BCUT2D eigenvalue weighted by Gasteiger charge is 2.78. The minimum Gasteiger partial charge on any atom is -0.357 e. The quantitative estimate of drug-likeness (QED) is 0.301. The number of hydrogen-bond acceptors (Lipinski definition) is 7. The van der Waals surface area contributed by atoms with Crippen molar-refractivity contribution >= 4 is 29.2 Å². The Hall–Kier alpha value is -4.19. The third kappa shape index (κ3) is 5.91. The van der Waals surface area contributed by atoms with Crippen molar-refractivity contribution in [3.8, 4) is 0 Å². The number of anilines is 2. The molecule has 1 saturated carbocycles. The number of piperidine rings is 3. The highest BCUT2D eigenvalue weighted by molar-refractivity contribution is 6.04. The summed E-state index contributed by atoms with van der Waals surface area (Å²) in [5.41, 5.74) is 3.28. The van der Waals surface area contributed by atoms with E-state index in [2.05, 4.69) is 47.7 Å². The number of benzene rings is 1. The Labute approximate surface area is 284 Å². The second-order valence-electron chi connectivity index (χ2n) is 15.0. The molecule has 1 aromatic carbocycles. The van der Waals surface area contributed by atoms with E-state index in [1.165, 1.54) is 5.56 Å². The molecule has 0 spiro atoms. The smallest absolute Gasteiger partial charge is 0.276 e. The molecule has 258 valence electrons. The number of amides is 3. The summed E-state index contributed by atoms with van der Waals surface area (Å²) in [6.07, 6.45) is 7.52. The second kappa shape index (κ2) is 12.3. The molecule has 2 aromatic heterocycles. The van der Waals surface area contributed by atoms with Crippen LogP contribution in [0.5, 0.6) is 0 Å². The lowest BCUT2D eigenvalue weighted by atomic mass is 9.87. The van der Waals surface area contributed by atoms with E-state index in [0.717, 1.165) is 69.8 Å². The largest absolute Gasteiger partial charge is 0.357 e. The van der Waals surface area contributed by atoms with Crippen LogP contribution in [0.1, 0.15) is 90.2 Å². The Balaban J connectivity index is 0.778. The van der Waals surface area contributed by atoms with E-state index in [1.54, 1.807) is 13.1 Å². The molecular weight excluding hydrogens is 628 g/mol. The molecule has 4 fully saturated rings. The lowest BCUT2D eigenvalue weighted by molar-refractivity contribution is -0.134. The van der Waals surface area contributed by atoms with Crippen molar-refractivity contribution in [2.45, 2.75) is 76.0 Å². The number of likely N-dealkylation sites (tertiary alicyclic amines) is 1. The van der Waals surface area contributed by atoms with E-state index < -0.39 is 17.3 Å². The maximum atomic E-state index is 14.3. The average Bonchev–Trinajstić information content (AvgIpc) is 3.33. The summed E-state index contributed by atoms with van der Waals surface area (Å²) in [6, 6.07) is 12.0. The van der Waals surface area contributed by atoms with Crippen LogP contribution in [0.25, 0.3) is 0 Å². The first-order valence-electron chi connectivity index (χ1n) is 17.7. The summed E-state index contributed by atoms with van der Waals surface area (Å²) in [7, 11) is 0. The van der Waals surface area contributed by atoms with Crippen molar-refractivity contribution in [2.24, 2.45) is 17.3 Å². The number of hydrogen-bond donors (Lipinski definition) is 3. The van der Waals surface area contributed by atoms with Crippen LogP contribution < -0.4 is 15.5 Å². The Morgan fingerprint density at radius 3 is 2.41 bits per heavy atom. The molecule has 8 rings (SSSR count). The van der Waals surface area contributed by atoms with Crippen molar-refractivity contribution in [1.29, 1.82) is 0 Å². The van der Waals surface area contributed by atoms with Gasteiger partial charge in [-0.05, 0) is 92.8 Å². The minimum absolute atomic E-state index is 0.177. The van der Waals surface area contributed by atoms with Gasteiger partial charge in [0.05, 0.1) is 5.92 Å². The van der Waals surface area contributed by atoms with Gasteiger partial charge in [-0.1, -0.05) is 25.1 Å². The molecule has 0 radical (unpaired) electrons. The van der Waals surface area contributed by atoms with E-state index in [9.17, 15) is 23.2 Å². The number of carbonyl (C=O) groups excluding carboxylic acids is 3. The highest BCUT2D eigenvalue weighted by atomic mass is 19.3. The number of H-pyrrole nitrogens is 1. The Morgan fingerprint density at radius 1 is 0.980 bits per heavy atom. The van der Waals surface area contributed by atoms with Crippen LogP contribution in [0.2, 0.25) is 0 Å². The molecule has 49 heavy (non-hydrogen) atoms. The number of aromatic amines is 1. The number of carbonyl (C=O) groups is 3. The van der Waals surface area contributed by atoms with Crippen LogP contribution in [-0.2, 0) is 22.4 Å². The third-order valence-corrected chi connectivity index (χ3v) is 12.1. The summed E-state index contributed by atoms with van der Waals surface area (Å²) < 4.78 is 28.6. The Kier molecular flexibility index (Phi) is 8.04. The lowest BCUT2D eigenvalue weighted by Gasteiger charge is -2.38. The maximum absolute atomic E-state index is 14.3. The molecule has 10 nitrogen and oxygen atoms in total. The van der Waals surface area contributed by atoms with Gasteiger partial charge in [-0.15, -0.1) is 0 Å². The SMILES string of the molecule is C[C@@]12Cc3[nH]nc(C(=O)Nc4ccc(C5CCN(CC6CCN(c7ccc(C8CCC(=O)NC8=O)cn7)CC6)CC5)cc4)c3C[C@@H]1C2(F)F.